The Morgan fingerprint density at radius 1 is 0.854 bits per heavy atom. The van der Waals surface area contributed by atoms with E-state index in [0.717, 1.165) is 0 Å². The summed E-state index contributed by atoms with van der Waals surface area (Å²) in [5.41, 5.74) is -2.55. The van der Waals surface area contributed by atoms with Gasteiger partial charge in [0.1, 0.15) is 11.9 Å². The standard InChI is InChI=1S/C29H30F7N3O2/c1-16-12-38(14-17-9-19(28(31,32)33)11-20(10-17)29(34,35)36)27(41)25-24(18-3-5-21(30)6-4-18)22-7-8-37(2)15-23(22)26(40)39(25)13-16/h3-6,9-11,16,22-25H,7-8,12-15H2,1-2H3/t16-,22?,23?,24?,25?/m0/s1. The van der Waals surface area contributed by atoms with Gasteiger partial charge in [0.05, 0.1) is 17.0 Å². The first-order valence-electron chi connectivity index (χ1n) is 13.4. The summed E-state index contributed by atoms with van der Waals surface area (Å²) < 4.78 is 94.9. The van der Waals surface area contributed by atoms with Gasteiger partial charge in [0.25, 0.3) is 0 Å². The van der Waals surface area contributed by atoms with Crippen LogP contribution >= 0.6 is 0 Å². The van der Waals surface area contributed by atoms with Crippen LogP contribution < -0.4 is 0 Å². The Labute approximate surface area is 232 Å². The molecule has 0 saturated carbocycles. The fraction of sp³-hybridized carbons (Fsp3) is 0.517. The van der Waals surface area contributed by atoms with Crippen molar-refractivity contribution in [1.82, 2.24) is 14.7 Å². The van der Waals surface area contributed by atoms with Crippen LogP contribution in [0.15, 0.2) is 42.5 Å². The predicted molar refractivity (Wildman–Crippen MR) is 135 cm³/mol. The van der Waals surface area contributed by atoms with Gasteiger partial charge in [0.2, 0.25) is 11.8 Å². The molecule has 3 fully saturated rings. The molecule has 2 aromatic rings. The minimum absolute atomic E-state index is 0.0437. The van der Waals surface area contributed by atoms with Gasteiger partial charge in [-0.1, -0.05) is 19.1 Å². The second-order valence-electron chi connectivity index (χ2n) is 11.6. The Balaban J connectivity index is 1.56. The van der Waals surface area contributed by atoms with Gasteiger partial charge in [0, 0.05) is 32.1 Å². The Kier molecular flexibility index (Phi) is 7.59. The van der Waals surface area contributed by atoms with Crippen LogP contribution in [0, 0.1) is 23.6 Å². The summed E-state index contributed by atoms with van der Waals surface area (Å²) in [6.45, 7) is 2.71. The largest absolute Gasteiger partial charge is 0.416 e. The van der Waals surface area contributed by atoms with E-state index >= 15 is 0 Å². The number of hydrogen-bond acceptors (Lipinski definition) is 3. The lowest BCUT2D eigenvalue weighted by atomic mass is 9.66. The van der Waals surface area contributed by atoms with Gasteiger partial charge in [-0.25, -0.2) is 4.39 Å². The average Bonchev–Trinajstić information content (AvgIpc) is 3.00. The number of nitrogens with zero attached hydrogens (tertiary/aromatic N) is 3. The van der Waals surface area contributed by atoms with E-state index in [-0.39, 0.29) is 42.5 Å². The molecule has 0 spiro atoms. The van der Waals surface area contributed by atoms with Crippen LogP contribution in [0.5, 0.6) is 0 Å². The summed E-state index contributed by atoms with van der Waals surface area (Å²) in [7, 11) is 1.91. The molecule has 3 aliphatic heterocycles. The monoisotopic (exact) mass is 585 g/mol. The van der Waals surface area contributed by atoms with E-state index in [2.05, 4.69) is 0 Å². The van der Waals surface area contributed by atoms with E-state index in [0.29, 0.717) is 37.2 Å². The van der Waals surface area contributed by atoms with Crippen molar-refractivity contribution in [3.8, 4) is 0 Å². The normalized spacial score (nSPS) is 27.9. The molecule has 5 atom stereocenters. The van der Waals surface area contributed by atoms with Crippen molar-refractivity contribution in [3.05, 3.63) is 70.5 Å². The molecule has 0 aliphatic carbocycles. The van der Waals surface area contributed by atoms with Crippen LogP contribution in [0.4, 0.5) is 30.7 Å². The third kappa shape index (κ3) is 5.80. The van der Waals surface area contributed by atoms with Crippen LogP contribution in [0.25, 0.3) is 0 Å². The highest BCUT2D eigenvalue weighted by Crippen LogP contribution is 2.46. The van der Waals surface area contributed by atoms with Gasteiger partial charge in [-0.05, 0) is 73.3 Å². The van der Waals surface area contributed by atoms with E-state index in [9.17, 15) is 40.3 Å². The number of likely N-dealkylation sites (tertiary alicyclic amines) is 1. The molecule has 2 amide bonds. The number of amides is 2. The Morgan fingerprint density at radius 2 is 1.46 bits per heavy atom. The molecule has 4 unspecified atom stereocenters. The summed E-state index contributed by atoms with van der Waals surface area (Å²) in [5, 5.41) is 0. The molecule has 5 nitrogen and oxygen atoms in total. The lowest BCUT2D eigenvalue weighted by Crippen LogP contribution is -2.63. The van der Waals surface area contributed by atoms with Crippen molar-refractivity contribution in [2.24, 2.45) is 17.8 Å². The molecule has 0 bridgehead atoms. The highest BCUT2D eigenvalue weighted by Gasteiger charge is 2.54. The minimum Gasteiger partial charge on any atom is -0.336 e. The zero-order valence-electron chi connectivity index (χ0n) is 22.5. The van der Waals surface area contributed by atoms with Gasteiger partial charge < -0.3 is 14.7 Å². The van der Waals surface area contributed by atoms with Crippen molar-refractivity contribution in [2.75, 3.05) is 33.2 Å². The molecular weight excluding hydrogens is 555 g/mol. The zero-order valence-corrected chi connectivity index (χ0v) is 22.5. The first-order chi connectivity index (χ1) is 19.1. The molecule has 5 rings (SSSR count). The van der Waals surface area contributed by atoms with Gasteiger partial charge in [-0.3, -0.25) is 9.59 Å². The maximum atomic E-state index is 14.2. The number of piperidine rings is 2. The van der Waals surface area contributed by atoms with E-state index in [1.807, 2.05) is 11.9 Å². The van der Waals surface area contributed by atoms with Crippen LogP contribution in [-0.2, 0) is 28.5 Å². The smallest absolute Gasteiger partial charge is 0.336 e. The van der Waals surface area contributed by atoms with Crippen molar-refractivity contribution in [3.63, 3.8) is 0 Å². The third-order valence-corrected chi connectivity index (χ3v) is 8.49. The summed E-state index contributed by atoms with van der Waals surface area (Å²) in [4.78, 5) is 32.9. The van der Waals surface area contributed by atoms with Gasteiger partial charge >= 0.3 is 12.4 Å². The molecular formula is C29H30F7N3O2. The summed E-state index contributed by atoms with van der Waals surface area (Å²) >= 11 is 0. The lowest BCUT2D eigenvalue weighted by molar-refractivity contribution is -0.158. The highest BCUT2D eigenvalue weighted by molar-refractivity contribution is 5.92. The SMILES string of the molecule is C[C@H]1CN(Cc2cc(C(F)(F)F)cc(C(F)(F)F)c2)C(=O)C2C(c3ccc(F)cc3)C3CCN(C)CC3C(=O)N2C1. The third-order valence-electron chi connectivity index (χ3n) is 8.49. The number of fused-ring (bicyclic) bond motifs is 2. The lowest BCUT2D eigenvalue weighted by Gasteiger charge is -2.51. The number of halogens is 7. The Morgan fingerprint density at radius 3 is 2.05 bits per heavy atom. The molecule has 2 aromatic carbocycles. The molecule has 3 aliphatic rings. The average molecular weight is 586 g/mol. The number of rotatable bonds is 3. The summed E-state index contributed by atoms with van der Waals surface area (Å²) in [6, 6.07) is 6.03. The van der Waals surface area contributed by atoms with Gasteiger partial charge in [-0.15, -0.1) is 0 Å². The second-order valence-corrected chi connectivity index (χ2v) is 11.6. The number of benzene rings is 2. The topological polar surface area (TPSA) is 43.9 Å². The zero-order chi connectivity index (χ0) is 29.9. The summed E-state index contributed by atoms with van der Waals surface area (Å²) in [6.07, 6.45) is -9.43. The van der Waals surface area contributed by atoms with Crippen LogP contribution in [0.2, 0.25) is 0 Å². The van der Waals surface area contributed by atoms with E-state index in [1.165, 1.54) is 21.9 Å². The summed E-state index contributed by atoms with van der Waals surface area (Å²) in [5.74, 6) is -2.65. The van der Waals surface area contributed by atoms with Crippen molar-refractivity contribution in [2.45, 2.75) is 44.2 Å². The molecule has 12 heteroatoms. The van der Waals surface area contributed by atoms with Crippen LogP contribution in [0.1, 0.15) is 41.5 Å². The van der Waals surface area contributed by atoms with E-state index in [4.69, 9.17) is 0 Å². The van der Waals surface area contributed by atoms with Gasteiger partial charge in [-0.2, -0.15) is 26.3 Å². The molecule has 0 N–H and O–H groups in total. The fourth-order valence-electron chi connectivity index (χ4n) is 6.73. The van der Waals surface area contributed by atoms with E-state index < -0.39 is 59.6 Å². The highest BCUT2D eigenvalue weighted by atomic mass is 19.4. The first kappa shape index (κ1) is 29.3. The first-order valence-corrected chi connectivity index (χ1v) is 13.4. The predicted octanol–water partition coefficient (Wildman–Crippen LogP) is 5.40. The van der Waals surface area contributed by atoms with E-state index in [1.54, 1.807) is 19.1 Å². The van der Waals surface area contributed by atoms with Crippen molar-refractivity contribution in [1.29, 1.82) is 0 Å². The molecule has 3 saturated heterocycles. The van der Waals surface area contributed by atoms with Crippen molar-refractivity contribution >= 4 is 11.8 Å². The quantitative estimate of drug-likeness (QED) is 0.453. The maximum Gasteiger partial charge on any atom is 0.416 e. The maximum absolute atomic E-state index is 14.2. The molecule has 222 valence electrons. The van der Waals surface area contributed by atoms with Crippen LogP contribution in [-0.4, -0.2) is 65.8 Å². The van der Waals surface area contributed by atoms with Gasteiger partial charge in [0.15, 0.2) is 0 Å². The molecule has 41 heavy (non-hydrogen) atoms. The van der Waals surface area contributed by atoms with Crippen molar-refractivity contribution < 1.29 is 40.3 Å². The number of carbonyl (C=O) groups excluding carboxylic acids is 2. The molecule has 3 heterocycles. The number of alkyl halides is 6. The Hall–Kier alpha value is -3.15. The second kappa shape index (κ2) is 10.6. The number of carbonyl (C=O) groups is 2. The van der Waals surface area contributed by atoms with Crippen LogP contribution in [0.3, 0.4) is 0 Å². The number of hydrogen-bond donors (Lipinski definition) is 0. The Bertz CT molecular complexity index is 1280. The fourth-order valence-corrected chi connectivity index (χ4v) is 6.73. The molecule has 0 aromatic heterocycles. The molecule has 0 radical (unpaired) electrons. The minimum atomic E-state index is -5.02.